The molecule has 2 rings (SSSR count). The zero-order valence-electron chi connectivity index (χ0n) is 7.66. The molecule has 1 fully saturated rings. The monoisotopic (exact) mass is 166 g/mol. The van der Waals surface area contributed by atoms with Gasteiger partial charge in [-0.25, -0.2) is 0 Å². The Bertz CT molecular complexity index is 303. The van der Waals surface area contributed by atoms with E-state index >= 15 is 0 Å². The zero-order chi connectivity index (χ0) is 8.93. The Kier molecular flexibility index (Phi) is 1.37. The quantitative estimate of drug-likeness (QED) is 0.686. The third kappa shape index (κ3) is 0.894. The fourth-order valence-corrected chi connectivity index (χ4v) is 1.77. The lowest BCUT2D eigenvalue weighted by atomic mass is 10.1. The third-order valence-electron chi connectivity index (χ3n) is 2.88. The van der Waals surface area contributed by atoms with Gasteiger partial charge in [0.25, 0.3) is 0 Å². The summed E-state index contributed by atoms with van der Waals surface area (Å²) in [4.78, 5) is 0. The molecule has 12 heavy (non-hydrogen) atoms. The Morgan fingerprint density at radius 3 is 2.50 bits per heavy atom. The van der Waals surface area contributed by atoms with Gasteiger partial charge in [0.1, 0.15) is 5.76 Å². The standard InChI is InChI=1S/C9H14N2O/c1-5-4-6(11-12-5)7-8(10)9(7,2)3/h4,7-8H,10H2,1-3H3/t7-,8-/m1/s1. The average Bonchev–Trinajstić information content (AvgIpc) is 2.38. The van der Waals surface area contributed by atoms with Gasteiger partial charge in [-0.1, -0.05) is 19.0 Å². The van der Waals surface area contributed by atoms with Crippen LogP contribution in [0.25, 0.3) is 0 Å². The van der Waals surface area contributed by atoms with E-state index in [4.69, 9.17) is 10.3 Å². The molecule has 1 aliphatic carbocycles. The minimum atomic E-state index is 0.198. The summed E-state index contributed by atoms with van der Waals surface area (Å²) >= 11 is 0. The van der Waals surface area contributed by atoms with Gasteiger partial charge in [-0.15, -0.1) is 0 Å². The lowest BCUT2D eigenvalue weighted by molar-refractivity contribution is 0.388. The van der Waals surface area contributed by atoms with Crippen molar-refractivity contribution in [3.63, 3.8) is 0 Å². The molecule has 1 aromatic rings. The molecule has 1 aliphatic rings. The van der Waals surface area contributed by atoms with E-state index in [1.807, 2.05) is 13.0 Å². The Morgan fingerprint density at radius 2 is 2.17 bits per heavy atom. The van der Waals surface area contributed by atoms with Crippen LogP contribution in [-0.4, -0.2) is 11.2 Å². The number of nitrogens with two attached hydrogens (primary N) is 1. The van der Waals surface area contributed by atoms with Crippen LogP contribution >= 0.6 is 0 Å². The second-order valence-corrected chi connectivity index (χ2v) is 4.19. The Labute approximate surface area is 71.9 Å². The molecule has 0 bridgehead atoms. The Hall–Kier alpha value is -0.830. The number of aryl methyl sites for hydroxylation is 1. The first kappa shape index (κ1) is 7.80. The largest absolute Gasteiger partial charge is 0.361 e. The van der Waals surface area contributed by atoms with Crippen LogP contribution < -0.4 is 5.73 Å². The summed E-state index contributed by atoms with van der Waals surface area (Å²) in [7, 11) is 0. The highest BCUT2D eigenvalue weighted by Gasteiger charge is 2.57. The van der Waals surface area contributed by atoms with Crippen LogP contribution in [0.15, 0.2) is 10.6 Å². The summed E-state index contributed by atoms with van der Waals surface area (Å²) in [6.45, 7) is 6.22. The molecular weight excluding hydrogens is 152 g/mol. The van der Waals surface area contributed by atoms with Crippen molar-refractivity contribution in [1.82, 2.24) is 5.16 Å². The summed E-state index contributed by atoms with van der Waals surface area (Å²) in [5.74, 6) is 1.25. The van der Waals surface area contributed by atoms with E-state index in [1.54, 1.807) is 0 Å². The second-order valence-electron chi connectivity index (χ2n) is 4.19. The molecule has 2 N–H and O–H groups in total. The molecule has 1 aromatic heterocycles. The van der Waals surface area contributed by atoms with Gasteiger partial charge in [-0.2, -0.15) is 0 Å². The van der Waals surface area contributed by atoms with Gasteiger partial charge in [0, 0.05) is 18.0 Å². The molecule has 3 nitrogen and oxygen atoms in total. The Morgan fingerprint density at radius 1 is 1.58 bits per heavy atom. The van der Waals surface area contributed by atoms with Crippen molar-refractivity contribution in [2.45, 2.75) is 32.7 Å². The van der Waals surface area contributed by atoms with Crippen LogP contribution in [0.3, 0.4) is 0 Å². The fraction of sp³-hybridized carbons (Fsp3) is 0.667. The summed E-state index contributed by atoms with van der Waals surface area (Å²) in [5, 5.41) is 3.97. The van der Waals surface area contributed by atoms with Gasteiger partial charge in [-0.05, 0) is 12.3 Å². The molecular formula is C9H14N2O. The molecule has 0 amide bonds. The SMILES string of the molecule is Cc1cc([C@@H]2[C@@H](N)C2(C)C)no1. The number of rotatable bonds is 1. The third-order valence-corrected chi connectivity index (χ3v) is 2.88. The maximum absolute atomic E-state index is 5.90. The van der Waals surface area contributed by atoms with E-state index in [-0.39, 0.29) is 11.5 Å². The zero-order valence-corrected chi connectivity index (χ0v) is 7.66. The van der Waals surface area contributed by atoms with Crippen molar-refractivity contribution in [1.29, 1.82) is 0 Å². The van der Waals surface area contributed by atoms with Crippen LogP contribution in [-0.2, 0) is 0 Å². The van der Waals surface area contributed by atoms with Crippen molar-refractivity contribution in [3.05, 3.63) is 17.5 Å². The first-order valence-corrected chi connectivity index (χ1v) is 4.22. The van der Waals surface area contributed by atoms with E-state index < -0.39 is 0 Å². The first-order valence-electron chi connectivity index (χ1n) is 4.22. The normalized spacial score (nSPS) is 32.0. The number of nitrogens with zero attached hydrogens (tertiary/aromatic N) is 1. The predicted octanol–water partition coefficient (Wildman–Crippen LogP) is 1.43. The van der Waals surface area contributed by atoms with E-state index in [0.717, 1.165) is 11.5 Å². The smallest absolute Gasteiger partial charge is 0.133 e. The lowest BCUT2D eigenvalue weighted by Crippen LogP contribution is -2.06. The maximum Gasteiger partial charge on any atom is 0.133 e. The molecule has 2 atom stereocenters. The topological polar surface area (TPSA) is 52.0 Å². The lowest BCUT2D eigenvalue weighted by Gasteiger charge is -1.96. The summed E-state index contributed by atoms with van der Waals surface area (Å²) in [6, 6.07) is 2.21. The van der Waals surface area contributed by atoms with Crippen molar-refractivity contribution in [2.75, 3.05) is 0 Å². The second kappa shape index (κ2) is 2.10. The average molecular weight is 166 g/mol. The highest BCUT2D eigenvalue weighted by atomic mass is 16.5. The molecule has 0 aliphatic heterocycles. The van der Waals surface area contributed by atoms with Gasteiger partial charge in [0.2, 0.25) is 0 Å². The predicted molar refractivity (Wildman–Crippen MR) is 45.7 cm³/mol. The van der Waals surface area contributed by atoms with Crippen molar-refractivity contribution < 1.29 is 4.52 Å². The fourth-order valence-electron chi connectivity index (χ4n) is 1.77. The van der Waals surface area contributed by atoms with Crippen LogP contribution in [0.1, 0.15) is 31.2 Å². The summed E-state index contributed by atoms with van der Waals surface area (Å²) in [5.41, 5.74) is 7.11. The van der Waals surface area contributed by atoms with E-state index in [0.29, 0.717) is 5.92 Å². The highest BCUT2D eigenvalue weighted by Crippen LogP contribution is 2.56. The van der Waals surface area contributed by atoms with Gasteiger partial charge < -0.3 is 10.3 Å². The molecule has 0 saturated heterocycles. The molecule has 1 heterocycles. The van der Waals surface area contributed by atoms with Gasteiger partial charge >= 0.3 is 0 Å². The van der Waals surface area contributed by atoms with E-state index in [1.165, 1.54) is 0 Å². The summed E-state index contributed by atoms with van der Waals surface area (Å²) in [6.07, 6.45) is 0. The molecule has 66 valence electrons. The number of aromatic nitrogens is 1. The van der Waals surface area contributed by atoms with Crippen LogP contribution in [0.5, 0.6) is 0 Å². The molecule has 0 radical (unpaired) electrons. The number of hydrogen-bond donors (Lipinski definition) is 1. The van der Waals surface area contributed by atoms with E-state index in [2.05, 4.69) is 19.0 Å². The first-order chi connectivity index (χ1) is 5.53. The van der Waals surface area contributed by atoms with Gasteiger partial charge in [0.05, 0.1) is 5.69 Å². The van der Waals surface area contributed by atoms with Crippen LogP contribution in [0, 0.1) is 12.3 Å². The van der Waals surface area contributed by atoms with Gasteiger partial charge in [-0.3, -0.25) is 0 Å². The van der Waals surface area contributed by atoms with E-state index in [9.17, 15) is 0 Å². The van der Waals surface area contributed by atoms with Crippen molar-refractivity contribution in [3.8, 4) is 0 Å². The van der Waals surface area contributed by atoms with Crippen molar-refractivity contribution in [2.24, 2.45) is 11.1 Å². The molecule has 0 aromatic carbocycles. The minimum absolute atomic E-state index is 0.198. The minimum Gasteiger partial charge on any atom is -0.361 e. The van der Waals surface area contributed by atoms with Crippen LogP contribution in [0.4, 0.5) is 0 Å². The highest BCUT2D eigenvalue weighted by molar-refractivity contribution is 5.28. The molecule has 0 unspecified atom stereocenters. The Balaban J connectivity index is 2.24. The maximum atomic E-state index is 5.90. The van der Waals surface area contributed by atoms with Crippen LogP contribution in [0.2, 0.25) is 0 Å². The summed E-state index contributed by atoms with van der Waals surface area (Å²) < 4.78 is 5.00. The number of hydrogen-bond acceptors (Lipinski definition) is 3. The van der Waals surface area contributed by atoms with Crippen molar-refractivity contribution >= 4 is 0 Å². The van der Waals surface area contributed by atoms with Gasteiger partial charge in [0.15, 0.2) is 0 Å². The molecule has 3 heteroatoms. The molecule has 0 spiro atoms. The molecule has 1 saturated carbocycles.